The zero-order chi connectivity index (χ0) is 20.9. The Kier molecular flexibility index (Phi) is 6.48. The SMILES string of the molecule is CCc1cccc2c([C@@H](CC(=O)NCCN3CCCC3)c3cccc(F)c3)c[nH]c12. The van der Waals surface area contributed by atoms with Crippen molar-refractivity contribution in [1.29, 1.82) is 0 Å². The third-order valence-corrected chi connectivity index (χ3v) is 6.18. The van der Waals surface area contributed by atoms with E-state index in [1.165, 1.54) is 24.5 Å². The number of nitrogens with one attached hydrogen (secondary N) is 2. The molecule has 1 saturated heterocycles. The summed E-state index contributed by atoms with van der Waals surface area (Å²) in [6.07, 6.45) is 5.70. The smallest absolute Gasteiger partial charge is 0.220 e. The van der Waals surface area contributed by atoms with Crippen molar-refractivity contribution in [2.45, 2.75) is 38.5 Å². The molecule has 1 fully saturated rings. The van der Waals surface area contributed by atoms with Crippen LogP contribution in [0.4, 0.5) is 4.39 Å². The first-order chi connectivity index (χ1) is 14.7. The van der Waals surface area contributed by atoms with Crippen molar-refractivity contribution >= 4 is 16.8 Å². The van der Waals surface area contributed by atoms with Crippen LogP contribution in [0.2, 0.25) is 0 Å². The highest BCUT2D eigenvalue weighted by Crippen LogP contribution is 2.34. The quantitative estimate of drug-likeness (QED) is 0.573. The van der Waals surface area contributed by atoms with E-state index in [1.807, 2.05) is 12.3 Å². The summed E-state index contributed by atoms with van der Waals surface area (Å²) in [6, 6.07) is 12.9. The van der Waals surface area contributed by atoms with Gasteiger partial charge < -0.3 is 15.2 Å². The minimum absolute atomic E-state index is 0.00412. The molecular formula is C25H30FN3O. The lowest BCUT2D eigenvalue weighted by Gasteiger charge is -2.19. The number of hydrogen-bond acceptors (Lipinski definition) is 2. The number of para-hydroxylation sites is 1. The molecule has 3 aromatic rings. The summed E-state index contributed by atoms with van der Waals surface area (Å²) in [5.41, 5.74) is 4.21. The van der Waals surface area contributed by atoms with Gasteiger partial charge in [0.2, 0.25) is 5.91 Å². The van der Waals surface area contributed by atoms with Crippen LogP contribution in [0.1, 0.15) is 48.8 Å². The third-order valence-electron chi connectivity index (χ3n) is 6.18. The van der Waals surface area contributed by atoms with Crippen LogP contribution in [-0.2, 0) is 11.2 Å². The molecule has 1 atom stereocenters. The molecule has 5 heteroatoms. The van der Waals surface area contributed by atoms with Crippen LogP contribution in [0.25, 0.3) is 10.9 Å². The molecule has 1 aliphatic rings. The number of hydrogen-bond donors (Lipinski definition) is 2. The van der Waals surface area contributed by atoms with Crippen molar-refractivity contribution in [2.75, 3.05) is 26.2 Å². The number of halogens is 1. The van der Waals surface area contributed by atoms with Gasteiger partial charge in [-0.25, -0.2) is 4.39 Å². The topological polar surface area (TPSA) is 48.1 Å². The number of rotatable bonds is 8. The van der Waals surface area contributed by atoms with E-state index in [9.17, 15) is 9.18 Å². The van der Waals surface area contributed by atoms with E-state index in [-0.39, 0.29) is 17.6 Å². The van der Waals surface area contributed by atoms with Crippen molar-refractivity contribution in [1.82, 2.24) is 15.2 Å². The number of fused-ring (bicyclic) bond motifs is 1. The number of aryl methyl sites for hydroxylation is 1. The predicted octanol–water partition coefficient (Wildman–Crippen LogP) is 4.60. The van der Waals surface area contributed by atoms with Crippen LogP contribution < -0.4 is 5.32 Å². The first-order valence-corrected chi connectivity index (χ1v) is 11.0. The molecule has 0 bridgehead atoms. The molecule has 1 amide bonds. The number of carbonyl (C=O) groups excluding carboxylic acids is 1. The molecule has 2 N–H and O–H groups in total. The maximum absolute atomic E-state index is 14.0. The van der Waals surface area contributed by atoms with Gasteiger partial charge in [0.25, 0.3) is 0 Å². The molecule has 30 heavy (non-hydrogen) atoms. The second-order valence-corrected chi connectivity index (χ2v) is 8.15. The van der Waals surface area contributed by atoms with Gasteiger partial charge in [0, 0.05) is 42.5 Å². The Labute approximate surface area is 177 Å². The van der Waals surface area contributed by atoms with Crippen molar-refractivity contribution in [3.63, 3.8) is 0 Å². The molecule has 0 saturated carbocycles. The molecule has 4 rings (SSSR count). The van der Waals surface area contributed by atoms with E-state index < -0.39 is 0 Å². The molecule has 2 heterocycles. The molecule has 158 valence electrons. The number of benzene rings is 2. The largest absolute Gasteiger partial charge is 0.361 e. The zero-order valence-corrected chi connectivity index (χ0v) is 17.6. The number of nitrogens with zero attached hydrogens (tertiary/aromatic N) is 1. The Bertz CT molecular complexity index is 1010. The fourth-order valence-corrected chi connectivity index (χ4v) is 4.57. The van der Waals surface area contributed by atoms with E-state index in [1.54, 1.807) is 12.1 Å². The van der Waals surface area contributed by atoms with Gasteiger partial charge in [-0.2, -0.15) is 0 Å². The summed E-state index contributed by atoms with van der Waals surface area (Å²) in [6.45, 7) is 5.92. The second kappa shape index (κ2) is 9.43. The van der Waals surface area contributed by atoms with Gasteiger partial charge in [-0.15, -0.1) is 0 Å². The first kappa shape index (κ1) is 20.6. The van der Waals surface area contributed by atoms with Gasteiger partial charge in [-0.1, -0.05) is 37.3 Å². The van der Waals surface area contributed by atoms with Crippen molar-refractivity contribution < 1.29 is 9.18 Å². The van der Waals surface area contributed by atoms with Gasteiger partial charge >= 0.3 is 0 Å². The van der Waals surface area contributed by atoms with Gasteiger partial charge in [0.05, 0.1) is 0 Å². The Morgan fingerprint density at radius 3 is 2.77 bits per heavy atom. The van der Waals surface area contributed by atoms with Crippen LogP contribution in [-0.4, -0.2) is 42.0 Å². The fourth-order valence-electron chi connectivity index (χ4n) is 4.57. The van der Waals surface area contributed by atoms with Gasteiger partial charge in [-0.3, -0.25) is 4.79 Å². The lowest BCUT2D eigenvalue weighted by Crippen LogP contribution is -2.34. The fraction of sp³-hybridized carbons (Fsp3) is 0.400. The predicted molar refractivity (Wildman–Crippen MR) is 119 cm³/mol. The number of H-pyrrole nitrogens is 1. The van der Waals surface area contributed by atoms with Crippen LogP contribution in [0.5, 0.6) is 0 Å². The molecule has 0 unspecified atom stereocenters. The summed E-state index contributed by atoms with van der Waals surface area (Å²) >= 11 is 0. The molecule has 0 aliphatic carbocycles. The summed E-state index contributed by atoms with van der Waals surface area (Å²) in [7, 11) is 0. The number of aromatic nitrogens is 1. The average molecular weight is 408 g/mol. The van der Waals surface area contributed by atoms with Gasteiger partial charge in [0.1, 0.15) is 5.82 Å². The molecule has 0 radical (unpaired) electrons. The second-order valence-electron chi connectivity index (χ2n) is 8.15. The van der Waals surface area contributed by atoms with E-state index >= 15 is 0 Å². The minimum Gasteiger partial charge on any atom is -0.361 e. The van der Waals surface area contributed by atoms with Crippen molar-refractivity contribution in [3.05, 3.63) is 71.2 Å². The summed E-state index contributed by atoms with van der Waals surface area (Å²) < 4.78 is 14.0. The van der Waals surface area contributed by atoms with E-state index in [2.05, 4.69) is 40.3 Å². The van der Waals surface area contributed by atoms with Crippen LogP contribution in [0.15, 0.2) is 48.7 Å². The minimum atomic E-state index is -0.277. The van der Waals surface area contributed by atoms with Crippen molar-refractivity contribution in [2.24, 2.45) is 0 Å². The zero-order valence-electron chi connectivity index (χ0n) is 17.6. The highest BCUT2D eigenvalue weighted by Gasteiger charge is 2.22. The Morgan fingerprint density at radius 1 is 1.20 bits per heavy atom. The molecule has 1 aliphatic heterocycles. The maximum atomic E-state index is 14.0. The first-order valence-electron chi connectivity index (χ1n) is 11.0. The lowest BCUT2D eigenvalue weighted by atomic mass is 9.87. The third kappa shape index (κ3) is 4.57. The highest BCUT2D eigenvalue weighted by molar-refractivity contribution is 5.88. The standard InChI is InChI=1S/C25H30FN3O/c1-2-18-7-6-10-21-23(17-28-25(18)21)22(19-8-5-9-20(26)15-19)16-24(30)27-11-14-29-12-3-4-13-29/h5-10,15,17,22,28H,2-4,11-14,16H2,1H3,(H,27,30)/t22-/m0/s1. The molecule has 0 spiro atoms. The highest BCUT2D eigenvalue weighted by atomic mass is 19.1. The van der Waals surface area contributed by atoms with Gasteiger partial charge in [0.15, 0.2) is 0 Å². The van der Waals surface area contributed by atoms with E-state index in [0.717, 1.165) is 48.1 Å². The molecule has 1 aromatic heterocycles. The Balaban J connectivity index is 1.57. The number of carbonyl (C=O) groups is 1. The lowest BCUT2D eigenvalue weighted by molar-refractivity contribution is -0.121. The van der Waals surface area contributed by atoms with Crippen LogP contribution in [0, 0.1) is 5.82 Å². The number of likely N-dealkylation sites (tertiary alicyclic amines) is 1. The Hall–Kier alpha value is -2.66. The summed E-state index contributed by atoms with van der Waals surface area (Å²) in [5.74, 6) is -0.473. The van der Waals surface area contributed by atoms with Crippen molar-refractivity contribution in [3.8, 4) is 0 Å². The van der Waals surface area contributed by atoms with E-state index in [4.69, 9.17) is 0 Å². The summed E-state index contributed by atoms with van der Waals surface area (Å²) in [4.78, 5) is 18.6. The van der Waals surface area contributed by atoms with Crippen LogP contribution >= 0.6 is 0 Å². The molecule has 4 nitrogen and oxygen atoms in total. The molecule has 2 aromatic carbocycles. The summed E-state index contributed by atoms with van der Waals surface area (Å²) in [5, 5.41) is 4.18. The average Bonchev–Trinajstić information content (AvgIpc) is 3.42. The van der Waals surface area contributed by atoms with Gasteiger partial charge in [-0.05, 0) is 61.2 Å². The molecular weight excluding hydrogens is 377 g/mol. The van der Waals surface area contributed by atoms with E-state index in [0.29, 0.717) is 13.0 Å². The normalized spacial score (nSPS) is 15.5. The number of amides is 1. The Morgan fingerprint density at radius 2 is 2.00 bits per heavy atom. The monoisotopic (exact) mass is 407 g/mol. The van der Waals surface area contributed by atoms with Crippen LogP contribution in [0.3, 0.4) is 0 Å². The maximum Gasteiger partial charge on any atom is 0.220 e. The number of aromatic amines is 1.